The van der Waals surface area contributed by atoms with E-state index in [9.17, 15) is 13.2 Å². The lowest BCUT2D eigenvalue weighted by Crippen LogP contribution is -2.08. The Hall–Kier alpha value is -1.81. The Morgan fingerprint density at radius 3 is 2.72 bits per heavy atom. The molecule has 1 rings (SSSR count). The number of aromatic nitrogens is 1. The molecule has 0 amide bonds. The van der Waals surface area contributed by atoms with Crippen LogP contribution in [0.2, 0.25) is 5.02 Å². The van der Waals surface area contributed by atoms with Gasteiger partial charge in [-0.2, -0.15) is 18.4 Å². The maximum absolute atomic E-state index is 12.4. The molecule has 1 aromatic rings. The molecule has 0 saturated carbocycles. The summed E-state index contributed by atoms with van der Waals surface area (Å²) in [4.78, 5) is 7.93. The van der Waals surface area contributed by atoms with E-state index in [1.54, 1.807) is 6.07 Å². The van der Waals surface area contributed by atoms with Crippen molar-refractivity contribution in [2.24, 2.45) is 5.16 Å². The molecule has 0 radical (unpaired) electrons. The minimum atomic E-state index is -4.53. The number of nitrogens with zero attached hydrogens (tertiary/aromatic N) is 3. The summed E-state index contributed by atoms with van der Waals surface area (Å²) < 4.78 is 37.1. The van der Waals surface area contributed by atoms with Crippen molar-refractivity contribution in [1.82, 2.24) is 4.98 Å². The highest BCUT2D eigenvalue weighted by molar-refractivity contribution is 6.31. The number of hydrogen-bond donors (Lipinski definition) is 0. The molecule has 4 nitrogen and oxygen atoms in total. The van der Waals surface area contributed by atoms with Gasteiger partial charge in [0.2, 0.25) is 0 Å². The van der Waals surface area contributed by atoms with Crippen LogP contribution >= 0.6 is 11.6 Å². The van der Waals surface area contributed by atoms with E-state index in [1.165, 1.54) is 7.11 Å². The zero-order valence-electron chi connectivity index (χ0n) is 9.07. The van der Waals surface area contributed by atoms with Gasteiger partial charge >= 0.3 is 6.18 Å². The largest absolute Gasteiger partial charge is 0.417 e. The van der Waals surface area contributed by atoms with Crippen molar-refractivity contribution < 1.29 is 18.0 Å². The van der Waals surface area contributed by atoms with Crippen LogP contribution in [0.5, 0.6) is 0 Å². The number of nitriles is 1. The molecule has 1 heterocycles. The molecule has 18 heavy (non-hydrogen) atoms. The van der Waals surface area contributed by atoms with Gasteiger partial charge < -0.3 is 4.84 Å². The molecule has 0 fully saturated rings. The first-order valence-corrected chi connectivity index (χ1v) is 4.97. The predicted molar refractivity (Wildman–Crippen MR) is 58.1 cm³/mol. The normalized spacial score (nSPS) is 13.3. The Kier molecular flexibility index (Phi) is 4.50. The Balaban J connectivity index is 3.13. The Morgan fingerprint density at radius 1 is 1.61 bits per heavy atom. The number of pyridine rings is 1. The van der Waals surface area contributed by atoms with Crippen LogP contribution in [0.1, 0.15) is 17.2 Å². The summed E-state index contributed by atoms with van der Waals surface area (Å²) in [6, 6.07) is 2.51. The summed E-state index contributed by atoms with van der Waals surface area (Å²) >= 11 is 5.67. The minimum Gasteiger partial charge on any atom is -0.399 e. The van der Waals surface area contributed by atoms with Crippen molar-refractivity contribution in [1.29, 1.82) is 5.26 Å². The molecule has 0 aliphatic carbocycles. The SMILES string of the molecule is CO/N=C\[C@@H](C#N)c1ncc(C(F)(F)F)cc1Cl. The van der Waals surface area contributed by atoms with Gasteiger partial charge in [-0.15, -0.1) is 0 Å². The molecule has 0 N–H and O–H groups in total. The molecule has 8 heteroatoms. The molecule has 0 aromatic carbocycles. The van der Waals surface area contributed by atoms with Crippen LogP contribution < -0.4 is 0 Å². The van der Waals surface area contributed by atoms with Crippen LogP contribution in [0.15, 0.2) is 17.4 Å². The summed E-state index contributed by atoms with van der Waals surface area (Å²) in [5.74, 6) is -0.972. The molecule has 1 atom stereocenters. The van der Waals surface area contributed by atoms with E-state index in [2.05, 4.69) is 15.0 Å². The first-order valence-electron chi connectivity index (χ1n) is 4.59. The fourth-order valence-corrected chi connectivity index (χ4v) is 1.40. The van der Waals surface area contributed by atoms with Gasteiger partial charge in [0.1, 0.15) is 13.0 Å². The van der Waals surface area contributed by atoms with Crippen molar-refractivity contribution in [3.8, 4) is 6.07 Å². The fourth-order valence-electron chi connectivity index (χ4n) is 1.12. The van der Waals surface area contributed by atoms with Crippen LogP contribution in [0.25, 0.3) is 0 Å². The summed E-state index contributed by atoms with van der Waals surface area (Å²) in [6.07, 6.45) is -2.81. The molecule has 96 valence electrons. The van der Waals surface area contributed by atoms with Crippen molar-refractivity contribution in [2.45, 2.75) is 12.1 Å². The van der Waals surface area contributed by atoms with Gasteiger partial charge in [-0.1, -0.05) is 16.8 Å². The number of oxime groups is 1. The van der Waals surface area contributed by atoms with Gasteiger partial charge in [0, 0.05) is 6.20 Å². The number of hydrogen-bond acceptors (Lipinski definition) is 4. The van der Waals surface area contributed by atoms with E-state index in [0.29, 0.717) is 6.20 Å². The van der Waals surface area contributed by atoms with Gasteiger partial charge in [0.15, 0.2) is 0 Å². The minimum absolute atomic E-state index is 0.00651. The molecule has 1 aromatic heterocycles. The molecule has 0 bridgehead atoms. The zero-order chi connectivity index (χ0) is 13.8. The standard InChI is InChI=1S/C10H7ClF3N3O/c1-18-17-4-6(3-15)9-8(11)2-7(5-16-9)10(12,13)14/h2,4-6H,1H3/b17-4-/t6-/m1/s1. The number of halogens is 4. The second-order valence-corrected chi connectivity index (χ2v) is 3.54. The van der Waals surface area contributed by atoms with Crippen LogP contribution in [-0.4, -0.2) is 18.3 Å². The summed E-state index contributed by atoms with van der Waals surface area (Å²) in [6.45, 7) is 0. The Morgan fingerprint density at radius 2 is 2.28 bits per heavy atom. The van der Waals surface area contributed by atoms with E-state index >= 15 is 0 Å². The summed E-state index contributed by atoms with van der Waals surface area (Å²) in [7, 11) is 1.27. The van der Waals surface area contributed by atoms with Gasteiger partial charge in [-0.25, -0.2) is 0 Å². The molecule has 0 saturated heterocycles. The highest BCUT2D eigenvalue weighted by Gasteiger charge is 2.32. The van der Waals surface area contributed by atoms with Crippen LogP contribution in [-0.2, 0) is 11.0 Å². The van der Waals surface area contributed by atoms with Crippen molar-refractivity contribution in [3.05, 3.63) is 28.5 Å². The number of alkyl halides is 3. The van der Waals surface area contributed by atoms with Crippen molar-refractivity contribution in [2.75, 3.05) is 7.11 Å². The van der Waals surface area contributed by atoms with E-state index in [1.807, 2.05) is 0 Å². The van der Waals surface area contributed by atoms with Crippen LogP contribution in [0, 0.1) is 11.3 Å². The lowest BCUT2D eigenvalue weighted by molar-refractivity contribution is -0.137. The van der Waals surface area contributed by atoms with E-state index < -0.39 is 17.7 Å². The summed E-state index contributed by atoms with van der Waals surface area (Å²) in [5.41, 5.74) is -0.982. The van der Waals surface area contributed by atoms with E-state index in [-0.39, 0.29) is 10.7 Å². The van der Waals surface area contributed by atoms with E-state index in [0.717, 1.165) is 12.3 Å². The van der Waals surface area contributed by atoms with Gasteiger partial charge in [0.05, 0.1) is 28.6 Å². The number of rotatable bonds is 3. The van der Waals surface area contributed by atoms with Crippen LogP contribution in [0.4, 0.5) is 13.2 Å². The van der Waals surface area contributed by atoms with Crippen molar-refractivity contribution in [3.63, 3.8) is 0 Å². The lowest BCUT2D eigenvalue weighted by atomic mass is 10.1. The van der Waals surface area contributed by atoms with Gasteiger partial charge in [0.25, 0.3) is 0 Å². The fraction of sp³-hybridized carbons (Fsp3) is 0.300. The average molecular weight is 278 g/mol. The quantitative estimate of drug-likeness (QED) is 0.630. The predicted octanol–water partition coefficient (Wildman–Crippen LogP) is 2.99. The monoisotopic (exact) mass is 277 g/mol. The first-order chi connectivity index (χ1) is 8.40. The second kappa shape index (κ2) is 5.69. The maximum Gasteiger partial charge on any atom is 0.417 e. The Bertz CT molecular complexity index is 496. The third kappa shape index (κ3) is 3.34. The third-order valence-corrected chi connectivity index (χ3v) is 2.25. The van der Waals surface area contributed by atoms with Crippen LogP contribution in [0.3, 0.4) is 0 Å². The highest BCUT2D eigenvalue weighted by Crippen LogP contribution is 2.32. The molecule has 0 unspecified atom stereocenters. The lowest BCUT2D eigenvalue weighted by Gasteiger charge is -2.09. The molecular formula is C10H7ClF3N3O. The maximum atomic E-state index is 12.4. The molecular weight excluding hydrogens is 271 g/mol. The third-order valence-electron chi connectivity index (χ3n) is 1.95. The molecule has 0 aliphatic heterocycles. The molecule has 0 spiro atoms. The van der Waals surface area contributed by atoms with Gasteiger partial charge in [-0.05, 0) is 6.07 Å². The second-order valence-electron chi connectivity index (χ2n) is 3.13. The topological polar surface area (TPSA) is 58.3 Å². The highest BCUT2D eigenvalue weighted by atomic mass is 35.5. The zero-order valence-corrected chi connectivity index (χ0v) is 9.83. The van der Waals surface area contributed by atoms with E-state index in [4.69, 9.17) is 16.9 Å². The van der Waals surface area contributed by atoms with Crippen molar-refractivity contribution >= 4 is 17.8 Å². The summed E-state index contributed by atoms with van der Waals surface area (Å²) in [5, 5.41) is 12.0. The smallest absolute Gasteiger partial charge is 0.399 e. The van der Waals surface area contributed by atoms with Gasteiger partial charge in [-0.3, -0.25) is 4.98 Å². The molecule has 0 aliphatic rings. The first kappa shape index (κ1) is 14.3. The average Bonchev–Trinajstić information content (AvgIpc) is 2.30. The Labute approximate surface area is 106 Å².